The van der Waals surface area contributed by atoms with Crippen molar-refractivity contribution < 1.29 is 34.2 Å². The molecule has 0 unspecified atom stereocenters. The number of carboxylic acid groups (broad SMARTS) is 1. The van der Waals surface area contributed by atoms with Crippen molar-refractivity contribution >= 4 is 40.5 Å². The molecule has 5 atom stereocenters. The maximum absolute atomic E-state index is 14.0. The fraction of sp³-hybridized carbons (Fsp3) is 0.457. The lowest BCUT2D eigenvalue weighted by Gasteiger charge is -2.34. The number of nitrogens with one attached hydrogen (secondary N) is 2. The van der Waals surface area contributed by atoms with Crippen LogP contribution in [0.5, 0.6) is 5.75 Å². The zero-order valence-electron chi connectivity index (χ0n) is 26.7. The molecule has 0 radical (unpaired) electrons. The molecule has 3 aromatic rings. The number of benzene rings is 2. The fourth-order valence-electron chi connectivity index (χ4n) is 7.44. The first kappa shape index (κ1) is 33.0. The lowest BCUT2D eigenvalue weighted by molar-refractivity contribution is -0.151. The highest BCUT2D eigenvalue weighted by atomic mass is 16.4. The Morgan fingerprint density at radius 1 is 0.812 bits per heavy atom. The molecule has 3 aliphatic rings. The van der Waals surface area contributed by atoms with Crippen LogP contribution < -0.4 is 11.1 Å². The Kier molecular flexibility index (Phi) is 9.67. The van der Waals surface area contributed by atoms with Crippen LogP contribution in [0.1, 0.15) is 49.7 Å². The van der Waals surface area contributed by atoms with Crippen molar-refractivity contribution in [3.8, 4) is 5.75 Å². The number of aromatic hydroxyl groups is 1. The largest absolute Gasteiger partial charge is 0.508 e. The average molecular weight is 659 g/mol. The molecular formula is C35H42N6O7. The summed E-state index contributed by atoms with van der Waals surface area (Å²) in [5.74, 6) is -2.54. The number of hydrogen-bond donors (Lipinski definition) is 5. The summed E-state index contributed by atoms with van der Waals surface area (Å²) in [5.41, 5.74) is 8.71. The van der Waals surface area contributed by atoms with Gasteiger partial charge < -0.3 is 40.9 Å². The van der Waals surface area contributed by atoms with Gasteiger partial charge in [0.05, 0.1) is 6.04 Å². The highest BCUT2D eigenvalue weighted by Crippen LogP contribution is 2.29. The molecule has 0 spiro atoms. The third-order valence-corrected chi connectivity index (χ3v) is 9.90. The highest BCUT2D eigenvalue weighted by Gasteiger charge is 2.46. The Hall–Kier alpha value is -4.91. The molecule has 3 fully saturated rings. The Bertz CT molecular complexity index is 1690. The van der Waals surface area contributed by atoms with E-state index in [1.165, 1.54) is 21.9 Å². The zero-order chi connectivity index (χ0) is 33.9. The van der Waals surface area contributed by atoms with E-state index >= 15 is 0 Å². The number of aromatic amines is 1. The molecule has 6 rings (SSSR count). The quantitative estimate of drug-likeness (QED) is 0.217. The second-order valence-electron chi connectivity index (χ2n) is 13.0. The average Bonchev–Trinajstić information content (AvgIpc) is 3.91. The van der Waals surface area contributed by atoms with E-state index in [1.54, 1.807) is 23.2 Å². The van der Waals surface area contributed by atoms with Gasteiger partial charge in [0.2, 0.25) is 23.6 Å². The summed E-state index contributed by atoms with van der Waals surface area (Å²) in [6.45, 7) is 1.09. The summed E-state index contributed by atoms with van der Waals surface area (Å²) >= 11 is 0. The van der Waals surface area contributed by atoms with Crippen molar-refractivity contribution in [2.75, 3.05) is 19.6 Å². The summed E-state index contributed by atoms with van der Waals surface area (Å²) in [5, 5.41) is 23.1. The number of phenols is 1. The number of hydrogen-bond acceptors (Lipinski definition) is 7. The standard InChI is InChI=1S/C35H42N6O7/c36-25(18-21-11-13-23(42)14-12-21)32(44)40-16-4-9-29(40)34(46)41-17-5-10-30(41)33(45)39-15-3-8-28(39)31(43)38-27(35(47)48)19-22-20-37-26-7-2-1-6-24(22)26/h1-2,6-7,11-14,20,25,27-30,37,42H,3-5,8-10,15-19,36H2,(H,38,43)(H,47,48)/t25-,27-,28-,29-,30-/m0/s1. The maximum atomic E-state index is 14.0. The van der Waals surface area contributed by atoms with Gasteiger partial charge in [-0.25, -0.2) is 4.79 Å². The number of H-pyrrole nitrogens is 1. The van der Waals surface area contributed by atoms with Gasteiger partial charge in [0.15, 0.2) is 0 Å². The molecule has 0 bridgehead atoms. The van der Waals surface area contributed by atoms with E-state index in [9.17, 15) is 34.2 Å². The van der Waals surface area contributed by atoms with Crippen molar-refractivity contribution in [2.24, 2.45) is 5.73 Å². The number of nitrogens with zero attached hydrogens (tertiary/aromatic N) is 3. The van der Waals surface area contributed by atoms with Gasteiger partial charge in [0, 0.05) is 43.2 Å². The molecule has 48 heavy (non-hydrogen) atoms. The number of phenolic OH excluding ortho intramolecular Hbond substituents is 1. The first-order chi connectivity index (χ1) is 23.1. The zero-order valence-corrected chi connectivity index (χ0v) is 26.7. The number of carbonyl (C=O) groups excluding carboxylic acids is 4. The van der Waals surface area contributed by atoms with Crippen LogP contribution in [-0.4, -0.2) is 109 Å². The topological polar surface area (TPSA) is 189 Å². The second-order valence-corrected chi connectivity index (χ2v) is 13.0. The maximum Gasteiger partial charge on any atom is 0.326 e. The predicted molar refractivity (Wildman–Crippen MR) is 176 cm³/mol. The molecule has 4 heterocycles. The first-order valence-electron chi connectivity index (χ1n) is 16.7. The minimum absolute atomic E-state index is 0.0753. The van der Waals surface area contributed by atoms with Crippen LogP contribution in [0.15, 0.2) is 54.7 Å². The summed E-state index contributed by atoms with van der Waals surface area (Å²) in [6.07, 6.45) is 5.20. The monoisotopic (exact) mass is 658 g/mol. The molecule has 6 N–H and O–H groups in total. The third-order valence-electron chi connectivity index (χ3n) is 9.90. The van der Waals surface area contributed by atoms with Gasteiger partial charge in [0.25, 0.3) is 0 Å². The first-order valence-corrected chi connectivity index (χ1v) is 16.7. The highest BCUT2D eigenvalue weighted by molar-refractivity contribution is 5.96. The summed E-state index contributed by atoms with van der Waals surface area (Å²) < 4.78 is 0. The minimum atomic E-state index is -1.19. The number of carboxylic acids is 1. The molecule has 0 saturated carbocycles. The van der Waals surface area contributed by atoms with E-state index in [0.717, 1.165) is 22.0 Å². The Labute approximate surface area is 278 Å². The predicted octanol–water partition coefficient (Wildman–Crippen LogP) is 1.53. The molecule has 3 aliphatic heterocycles. The Morgan fingerprint density at radius 3 is 2.06 bits per heavy atom. The van der Waals surface area contributed by atoms with E-state index in [4.69, 9.17) is 5.73 Å². The lowest BCUT2D eigenvalue weighted by atomic mass is 10.0. The Balaban J connectivity index is 1.10. The van der Waals surface area contributed by atoms with Crippen LogP contribution in [0.3, 0.4) is 0 Å². The molecule has 254 valence electrons. The van der Waals surface area contributed by atoms with Crippen LogP contribution in [0.25, 0.3) is 10.9 Å². The van der Waals surface area contributed by atoms with E-state index < -0.39 is 42.1 Å². The summed E-state index contributed by atoms with van der Waals surface area (Å²) in [4.78, 5) is 74.7. The number of aliphatic carboxylic acids is 1. The van der Waals surface area contributed by atoms with Gasteiger partial charge in [-0.2, -0.15) is 0 Å². The van der Waals surface area contributed by atoms with Crippen molar-refractivity contribution in [1.29, 1.82) is 0 Å². The van der Waals surface area contributed by atoms with Crippen molar-refractivity contribution in [2.45, 2.75) is 81.6 Å². The third kappa shape index (κ3) is 6.73. The minimum Gasteiger partial charge on any atom is -0.508 e. The lowest BCUT2D eigenvalue weighted by Crippen LogP contribution is -2.57. The number of amides is 4. The molecule has 1 aromatic heterocycles. The van der Waals surface area contributed by atoms with Crippen molar-refractivity contribution in [3.63, 3.8) is 0 Å². The second kappa shape index (κ2) is 14.1. The van der Waals surface area contributed by atoms with Gasteiger partial charge in [-0.3, -0.25) is 19.2 Å². The fourth-order valence-corrected chi connectivity index (χ4v) is 7.44. The summed E-state index contributed by atoms with van der Waals surface area (Å²) in [7, 11) is 0. The SMILES string of the molecule is N[C@@H](Cc1ccc(O)cc1)C(=O)N1CCC[C@H]1C(=O)N1CCC[C@H]1C(=O)N1CCC[C@H]1C(=O)N[C@@H](Cc1c[nH]c2ccccc12)C(=O)O. The van der Waals surface area contributed by atoms with Gasteiger partial charge in [-0.15, -0.1) is 0 Å². The van der Waals surface area contributed by atoms with Gasteiger partial charge in [-0.05, 0) is 74.3 Å². The number of para-hydroxylation sites is 1. The summed E-state index contributed by atoms with van der Waals surface area (Å²) in [6, 6.07) is 9.59. The van der Waals surface area contributed by atoms with Gasteiger partial charge in [-0.1, -0.05) is 30.3 Å². The van der Waals surface area contributed by atoms with Crippen molar-refractivity contribution in [1.82, 2.24) is 25.0 Å². The number of nitrogens with two attached hydrogens (primary N) is 1. The van der Waals surface area contributed by atoms with E-state index in [2.05, 4.69) is 10.3 Å². The van der Waals surface area contributed by atoms with Crippen molar-refractivity contribution in [3.05, 3.63) is 65.9 Å². The molecule has 13 heteroatoms. The van der Waals surface area contributed by atoms with E-state index in [-0.39, 0.29) is 36.3 Å². The van der Waals surface area contributed by atoms with Gasteiger partial charge in [0.1, 0.15) is 29.9 Å². The normalized spacial score (nSPS) is 22.2. The number of fused-ring (bicyclic) bond motifs is 1. The van der Waals surface area contributed by atoms with Crippen LogP contribution in [0.2, 0.25) is 0 Å². The van der Waals surface area contributed by atoms with Gasteiger partial charge >= 0.3 is 5.97 Å². The number of rotatable bonds is 10. The number of aromatic nitrogens is 1. The van der Waals surface area contributed by atoms with E-state index in [1.807, 2.05) is 24.3 Å². The Morgan fingerprint density at radius 2 is 1.40 bits per heavy atom. The molecule has 3 saturated heterocycles. The molecule has 13 nitrogen and oxygen atoms in total. The molecule has 4 amide bonds. The smallest absolute Gasteiger partial charge is 0.326 e. The molecule has 0 aliphatic carbocycles. The van der Waals surface area contributed by atoms with Crippen LogP contribution in [-0.2, 0) is 36.8 Å². The number of likely N-dealkylation sites (tertiary alicyclic amines) is 3. The van der Waals surface area contributed by atoms with Crippen LogP contribution in [0, 0.1) is 0 Å². The molecule has 2 aromatic carbocycles. The van der Waals surface area contributed by atoms with E-state index in [0.29, 0.717) is 58.2 Å². The van der Waals surface area contributed by atoms with Crippen LogP contribution >= 0.6 is 0 Å². The number of carbonyl (C=O) groups is 5. The molecular weight excluding hydrogens is 616 g/mol. The van der Waals surface area contributed by atoms with Crippen LogP contribution in [0.4, 0.5) is 0 Å².